The number of hydrogen-bond donors (Lipinski definition) is 1. The Morgan fingerprint density at radius 2 is 2.11 bits per heavy atom. The van der Waals surface area contributed by atoms with Gasteiger partial charge in [0.05, 0.1) is 5.69 Å². The smallest absolute Gasteiger partial charge is 0.339 e. The van der Waals surface area contributed by atoms with Crippen LogP contribution in [0.5, 0.6) is 5.75 Å². The van der Waals surface area contributed by atoms with Crippen LogP contribution in [0, 0.1) is 20.8 Å². The highest BCUT2D eigenvalue weighted by molar-refractivity contribution is 7.11. The third-order valence-electron chi connectivity index (χ3n) is 2.79. The molecule has 1 heterocycles. The van der Waals surface area contributed by atoms with Crippen molar-refractivity contribution < 1.29 is 14.6 Å². The summed E-state index contributed by atoms with van der Waals surface area (Å²) in [4.78, 5) is 16.6. The van der Waals surface area contributed by atoms with E-state index in [0.717, 1.165) is 21.1 Å². The monoisotopic (exact) mass is 277 g/mol. The lowest BCUT2D eigenvalue weighted by atomic mass is 10.1. The van der Waals surface area contributed by atoms with Gasteiger partial charge in [-0.3, -0.25) is 0 Å². The molecule has 0 saturated carbocycles. The number of rotatable bonds is 4. The van der Waals surface area contributed by atoms with Crippen molar-refractivity contribution in [2.75, 3.05) is 0 Å². The van der Waals surface area contributed by atoms with Crippen molar-refractivity contribution >= 4 is 17.3 Å². The molecule has 0 atom stereocenters. The van der Waals surface area contributed by atoms with Crippen molar-refractivity contribution in [2.24, 2.45) is 0 Å². The van der Waals surface area contributed by atoms with E-state index in [-0.39, 0.29) is 5.56 Å². The molecule has 2 rings (SSSR count). The molecule has 0 unspecified atom stereocenters. The molecule has 0 aliphatic heterocycles. The number of aryl methyl sites for hydroxylation is 3. The van der Waals surface area contributed by atoms with Crippen LogP contribution in [0.25, 0.3) is 0 Å². The molecule has 1 aromatic carbocycles. The number of carbonyl (C=O) groups is 1. The van der Waals surface area contributed by atoms with Crippen LogP contribution >= 0.6 is 11.3 Å². The van der Waals surface area contributed by atoms with Gasteiger partial charge in [0.25, 0.3) is 0 Å². The maximum absolute atomic E-state index is 11.1. The molecule has 0 bridgehead atoms. The molecule has 0 aliphatic carbocycles. The SMILES string of the molecule is Cc1ccc(C(=O)O)c(OCc2nc(C)c(C)s2)c1. The van der Waals surface area contributed by atoms with Crippen LogP contribution in [0.1, 0.15) is 31.5 Å². The molecular weight excluding hydrogens is 262 g/mol. The molecule has 0 aliphatic rings. The zero-order valence-corrected chi connectivity index (χ0v) is 11.9. The van der Waals surface area contributed by atoms with Crippen molar-refractivity contribution in [1.29, 1.82) is 0 Å². The minimum atomic E-state index is -0.985. The second-order valence-corrected chi connectivity index (χ2v) is 5.63. The van der Waals surface area contributed by atoms with E-state index in [4.69, 9.17) is 9.84 Å². The van der Waals surface area contributed by atoms with Gasteiger partial charge in [0.2, 0.25) is 0 Å². The maximum Gasteiger partial charge on any atom is 0.339 e. The molecule has 0 radical (unpaired) electrons. The molecule has 0 fully saturated rings. The van der Waals surface area contributed by atoms with Crippen LogP contribution in [0.3, 0.4) is 0 Å². The number of ether oxygens (including phenoxy) is 1. The third kappa shape index (κ3) is 3.12. The van der Waals surface area contributed by atoms with Gasteiger partial charge in [-0.1, -0.05) is 6.07 Å². The quantitative estimate of drug-likeness (QED) is 0.931. The number of aromatic carboxylic acids is 1. The summed E-state index contributed by atoms with van der Waals surface area (Å²) in [6, 6.07) is 5.05. The first-order chi connectivity index (χ1) is 8.97. The van der Waals surface area contributed by atoms with Gasteiger partial charge in [-0.15, -0.1) is 11.3 Å². The molecule has 2 aromatic rings. The first kappa shape index (κ1) is 13.5. The van der Waals surface area contributed by atoms with E-state index < -0.39 is 5.97 Å². The average Bonchev–Trinajstić information content (AvgIpc) is 2.66. The Hall–Kier alpha value is -1.88. The van der Waals surface area contributed by atoms with Gasteiger partial charge in [0, 0.05) is 4.88 Å². The molecule has 0 amide bonds. The molecule has 5 heteroatoms. The highest BCUT2D eigenvalue weighted by Crippen LogP contribution is 2.23. The largest absolute Gasteiger partial charge is 0.486 e. The van der Waals surface area contributed by atoms with E-state index in [1.54, 1.807) is 29.5 Å². The number of thiazole rings is 1. The minimum Gasteiger partial charge on any atom is -0.486 e. The zero-order chi connectivity index (χ0) is 14.0. The fourth-order valence-electron chi connectivity index (χ4n) is 1.67. The van der Waals surface area contributed by atoms with Gasteiger partial charge in [0.1, 0.15) is 22.9 Å². The van der Waals surface area contributed by atoms with Crippen molar-refractivity contribution in [1.82, 2.24) is 4.98 Å². The number of nitrogens with zero attached hydrogens (tertiary/aromatic N) is 1. The molecule has 1 N–H and O–H groups in total. The van der Waals surface area contributed by atoms with E-state index in [0.29, 0.717) is 12.4 Å². The van der Waals surface area contributed by atoms with Gasteiger partial charge in [-0.2, -0.15) is 0 Å². The fourth-order valence-corrected chi connectivity index (χ4v) is 2.51. The second-order valence-electron chi connectivity index (χ2n) is 4.34. The summed E-state index contributed by atoms with van der Waals surface area (Å²) in [7, 11) is 0. The first-order valence-corrected chi connectivity index (χ1v) is 6.68. The lowest BCUT2D eigenvalue weighted by molar-refractivity contribution is 0.0691. The summed E-state index contributed by atoms with van der Waals surface area (Å²) >= 11 is 1.57. The van der Waals surface area contributed by atoms with Crippen molar-refractivity contribution in [3.63, 3.8) is 0 Å². The van der Waals surface area contributed by atoms with E-state index in [2.05, 4.69) is 4.98 Å². The van der Waals surface area contributed by atoms with Gasteiger partial charge >= 0.3 is 5.97 Å². The molecule has 100 valence electrons. The highest BCUT2D eigenvalue weighted by Gasteiger charge is 2.12. The van der Waals surface area contributed by atoms with Gasteiger partial charge in [0.15, 0.2) is 0 Å². The van der Waals surface area contributed by atoms with E-state index in [1.165, 1.54) is 0 Å². The van der Waals surface area contributed by atoms with E-state index in [1.807, 2.05) is 20.8 Å². The fraction of sp³-hybridized carbons (Fsp3) is 0.286. The minimum absolute atomic E-state index is 0.176. The first-order valence-electron chi connectivity index (χ1n) is 5.87. The molecule has 4 nitrogen and oxygen atoms in total. The molecular formula is C14H15NO3S. The van der Waals surface area contributed by atoms with Crippen LogP contribution in [-0.2, 0) is 6.61 Å². The van der Waals surface area contributed by atoms with Crippen molar-refractivity contribution in [3.8, 4) is 5.75 Å². The third-order valence-corrected chi connectivity index (χ3v) is 3.84. The van der Waals surface area contributed by atoms with Gasteiger partial charge in [-0.25, -0.2) is 9.78 Å². The molecule has 0 saturated heterocycles. The van der Waals surface area contributed by atoms with Gasteiger partial charge in [-0.05, 0) is 38.5 Å². The summed E-state index contributed by atoms with van der Waals surface area (Å²) in [6.07, 6.45) is 0. The second kappa shape index (κ2) is 5.40. The van der Waals surface area contributed by atoms with E-state index in [9.17, 15) is 4.79 Å². The van der Waals surface area contributed by atoms with Crippen LogP contribution in [0.2, 0.25) is 0 Å². The number of carboxylic acid groups (broad SMARTS) is 1. The number of hydrogen-bond acceptors (Lipinski definition) is 4. The Morgan fingerprint density at radius 3 is 2.68 bits per heavy atom. The lowest BCUT2D eigenvalue weighted by Gasteiger charge is -2.08. The molecule has 1 aromatic heterocycles. The maximum atomic E-state index is 11.1. The van der Waals surface area contributed by atoms with Crippen LogP contribution < -0.4 is 4.74 Å². The Labute approximate surface area is 115 Å². The Morgan fingerprint density at radius 1 is 1.37 bits per heavy atom. The van der Waals surface area contributed by atoms with Crippen LogP contribution in [0.4, 0.5) is 0 Å². The normalized spacial score (nSPS) is 10.5. The number of carboxylic acids is 1. The summed E-state index contributed by atoms with van der Waals surface area (Å²) in [5, 5.41) is 9.96. The Kier molecular flexibility index (Phi) is 3.85. The number of aromatic nitrogens is 1. The summed E-state index contributed by atoms with van der Waals surface area (Å²) < 4.78 is 5.60. The summed E-state index contributed by atoms with van der Waals surface area (Å²) in [6.45, 7) is 6.15. The molecule has 0 spiro atoms. The lowest BCUT2D eigenvalue weighted by Crippen LogP contribution is -2.03. The summed E-state index contributed by atoms with van der Waals surface area (Å²) in [5.74, 6) is -0.598. The molecule has 19 heavy (non-hydrogen) atoms. The Balaban J connectivity index is 2.19. The van der Waals surface area contributed by atoms with Crippen molar-refractivity contribution in [2.45, 2.75) is 27.4 Å². The van der Waals surface area contributed by atoms with Crippen LogP contribution in [-0.4, -0.2) is 16.1 Å². The standard InChI is InChI=1S/C14H15NO3S/c1-8-4-5-11(14(16)17)12(6-8)18-7-13-15-9(2)10(3)19-13/h4-6H,7H2,1-3H3,(H,16,17). The van der Waals surface area contributed by atoms with Gasteiger partial charge < -0.3 is 9.84 Å². The van der Waals surface area contributed by atoms with Crippen molar-refractivity contribution in [3.05, 3.63) is 44.9 Å². The Bertz CT molecular complexity index is 600. The topological polar surface area (TPSA) is 59.4 Å². The highest BCUT2D eigenvalue weighted by atomic mass is 32.1. The zero-order valence-electron chi connectivity index (χ0n) is 11.1. The summed E-state index contributed by atoms with van der Waals surface area (Å²) in [5.41, 5.74) is 2.13. The predicted octanol–water partition coefficient (Wildman–Crippen LogP) is 3.35. The average molecular weight is 277 g/mol. The van der Waals surface area contributed by atoms with E-state index >= 15 is 0 Å². The predicted molar refractivity (Wildman–Crippen MR) is 74.1 cm³/mol. The number of benzene rings is 1. The van der Waals surface area contributed by atoms with Crippen LogP contribution in [0.15, 0.2) is 18.2 Å².